The van der Waals surface area contributed by atoms with Crippen molar-refractivity contribution >= 4 is 17.4 Å². The van der Waals surface area contributed by atoms with E-state index in [4.69, 9.17) is 0 Å². The monoisotopic (exact) mass is 302 g/mol. The van der Waals surface area contributed by atoms with E-state index in [1.54, 1.807) is 23.5 Å². The van der Waals surface area contributed by atoms with Gasteiger partial charge in [0.25, 0.3) is 0 Å². The first-order chi connectivity index (χ1) is 9.91. The van der Waals surface area contributed by atoms with Crippen LogP contribution in [-0.2, 0) is 0 Å². The predicted molar refractivity (Wildman–Crippen MR) is 65.3 cm³/mol. The van der Waals surface area contributed by atoms with Crippen LogP contribution in [0, 0.1) is 29.1 Å². The molecule has 0 atom stereocenters. The van der Waals surface area contributed by atoms with Crippen LogP contribution in [0.5, 0.6) is 0 Å². The summed E-state index contributed by atoms with van der Waals surface area (Å²) < 4.78 is 65.4. The highest BCUT2D eigenvalue weighted by Crippen LogP contribution is 2.27. The molecule has 21 heavy (non-hydrogen) atoms. The van der Waals surface area contributed by atoms with Gasteiger partial charge in [-0.25, -0.2) is 26.7 Å². The van der Waals surface area contributed by atoms with Crippen molar-refractivity contribution in [3.63, 3.8) is 0 Å². The molecule has 0 spiro atoms. The molecule has 0 radical (unpaired) electrons. The Balaban J connectivity index is 2.26. The van der Waals surface area contributed by atoms with Crippen molar-refractivity contribution < 1.29 is 26.7 Å². The highest BCUT2D eigenvalue weighted by Gasteiger charge is 2.26. The second kappa shape index (κ2) is 5.78. The van der Waals surface area contributed by atoms with Crippen molar-refractivity contribution in [2.45, 2.75) is 0 Å². The molecule has 0 aliphatic carbocycles. The third kappa shape index (κ3) is 2.93. The molecule has 0 aromatic heterocycles. The van der Waals surface area contributed by atoms with E-state index >= 15 is 0 Å². The highest BCUT2D eigenvalue weighted by molar-refractivity contribution is 5.99. The van der Waals surface area contributed by atoms with E-state index in [-0.39, 0.29) is 5.69 Å². The summed E-state index contributed by atoms with van der Waals surface area (Å²) in [5, 5.41) is 3.77. The number of para-hydroxylation sites is 1. The molecule has 2 aromatic rings. The maximum Gasteiger partial charge on any atom is 0.323 e. The normalized spacial score (nSPS) is 10.3. The first-order valence-corrected chi connectivity index (χ1v) is 5.56. The van der Waals surface area contributed by atoms with E-state index in [0.717, 1.165) is 0 Å². The fourth-order valence-corrected chi connectivity index (χ4v) is 1.51. The summed E-state index contributed by atoms with van der Waals surface area (Å²) in [4.78, 5) is 11.5. The third-order valence-corrected chi connectivity index (χ3v) is 2.48. The molecule has 0 unspecified atom stereocenters. The minimum absolute atomic E-state index is 0.277. The zero-order valence-electron chi connectivity index (χ0n) is 10.2. The Kier molecular flexibility index (Phi) is 4.06. The van der Waals surface area contributed by atoms with E-state index < -0.39 is 40.8 Å². The van der Waals surface area contributed by atoms with Crippen molar-refractivity contribution in [3.05, 3.63) is 59.4 Å². The smallest absolute Gasteiger partial charge is 0.308 e. The zero-order chi connectivity index (χ0) is 15.6. The van der Waals surface area contributed by atoms with Crippen LogP contribution in [-0.4, -0.2) is 6.03 Å². The maximum absolute atomic E-state index is 13.3. The second-order valence-electron chi connectivity index (χ2n) is 3.89. The number of carbonyl (C=O) groups excluding carboxylic acids is 1. The average Bonchev–Trinajstić information content (AvgIpc) is 2.48. The lowest BCUT2D eigenvalue weighted by molar-refractivity contribution is 0.261. The number of anilines is 2. The van der Waals surface area contributed by atoms with Crippen LogP contribution in [0.2, 0.25) is 0 Å². The van der Waals surface area contributed by atoms with Crippen LogP contribution < -0.4 is 10.6 Å². The largest absolute Gasteiger partial charge is 0.323 e. The SMILES string of the molecule is O=C(Nc1ccccc1)Nc1c(F)c(F)c(F)c(F)c1F. The van der Waals surface area contributed by atoms with Gasteiger partial charge in [0.1, 0.15) is 5.69 Å². The number of hydrogen-bond acceptors (Lipinski definition) is 1. The Morgan fingerprint density at radius 3 is 1.71 bits per heavy atom. The number of amides is 2. The maximum atomic E-state index is 13.3. The van der Waals surface area contributed by atoms with E-state index in [1.807, 2.05) is 0 Å². The zero-order valence-corrected chi connectivity index (χ0v) is 10.2. The van der Waals surface area contributed by atoms with Crippen LogP contribution in [0.1, 0.15) is 0 Å². The molecule has 0 aliphatic heterocycles. The number of hydrogen-bond donors (Lipinski definition) is 2. The standard InChI is InChI=1S/C13H7F5N2O/c14-7-8(15)10(17)12(11(18)9(7)16)20-13(21)19-6-4-2-1-3-5-6/h1-5H,(H2,19,20,21). The highest BCUT2D eigenvalue weighted by atomic mass is 19.2. The van der Waals surface area contributed by atoms with Gasteiger partial charge in [-0.15, -0.1) is 0 Å². The Morgan fingerprint density at radius 1 is 0.714 bits per heavy atom. The van der Waals surface area contributed by atoms with Gasteiger partial charge in [-0.2, -0.15) is 0 Å². The first kappa shape index (κ1) is 14.8. The van der Waals surface area contributed by atoms with Gasteiger partial charge in [0, 0.05) is 5.69 Å². The van der Waals surface area contributed by atoms with Crippen molar-refractivity contribution in [2.75, 3.05) is 10.6 Å². The minimum atomic E-state index is -2.29. The molecule has 0 saturated carbocycles. The Morgan fingerprint density at radius 2 is 1.19 bits per heavy atom. The van der Waals surface area contributed by atoms with Gasteiger partial charge in [0.2, 0.25) is 5.82 Å². The van der Waals surface area contributed by atoms with E-state index in [9.17, 15) is 26.7 Å². The fraction of sp³-hybridized carbons (Fsp3) is 0. The number of rotatable bonds is 2. The molecule has 0 bridgehead atoms. The summed E-state index contributed by atoms with van der Waals surface area (Å²) in [6, 6.07) is 6.61. The summed E-state index contributed by atoms with van der Waals surface area (Å²) in [6.45, 7) is 0. The van der Waals surface area contributed by atoms with E-state index in [2.05, 4.69) is 5.32 Å². The lowest BCUT2D eigenvalue weighted by atomic mass is 10.2. The first-order valence-electron chi connectivity index (χ1n) is 5.56. The quantitative estimate of drug-likeness (QED) is 0.491. The van der Waals surface area contributed by atoms with Gasteiger partial charge in [-0.3, -0.25) is 0 Å². The summed E-state index contributed by atoms with van der Waals surface area (Å²) in [6.07, 6.45) is 0. The van der Waals surface area contributed by atoms with Crippen LogP contribution in [0.4, 0.5) is 38.1 Å². The summed E-state index contributed by atoms with van der Waals surface area (Å²) in [7, 11) is 0. The second-order valence-corrected chi connectivity index (χ2v) is 3.89. The van der Waals surface area contributed by atoms with Crippen LogP contribution >= 0.6 is 0 Å². The van der Waals surface area contributed by atoms with E-state index in [1.165, 1.54) is 12.1 Å². The Hall–Kier alpha value is -2.64. The average molecular weight is 302 g/mol. The van der Waals surface area contributed by atoms with Crippen LogP contribution in [0.15, 0.2) is 30.3 Å². The molecule has 2 rings (SSSR count). The summed E-state index contributed by atoms with van der Waals surface area (Å²) in [5.74, 6) is -10.8. The van der Waals surface area contributed by atoms with Gasteiger partial charge < -0.3 is 10.6 Å². The number of benzene rings is 2. The van der Waals surface area contributed by atoms with Crippen molar-refractivity contribution in [1.29, 1.82) is 0 Å². The number of halogens is 5. The Bertz CT molecular complexity index is 662. The van der Waals surface area contributed by atoms with Crippen molar-refractivity contribution in [3.8, 4) is 0 Å². The van der Waals surface area contributed by atoms with E-state index in [0.29, 0.717) is 0 Å². The minimum Gasteiger partial charge on any atom is -0.308 e. The number of nitrogens with one attached hydrogen (secondary N) is 2. The lowest BCUT2D eigenvalue weighted by Gasteiger charge is -2.10. The molecular weight excluding hydrogens is 295 g/mol. The molecule has 0 heterocycles. The van der Waals surface area contributed by atoms with Crippen LogP contribution in [0.25, 0.3) is 0 Å². The molecule has 2 aromatic carbocycles. The molecule has 0 aliphatic rings. The van der Waals surface area contributed by atoms with Crippen LogP contribution in [0.3, 0.4) is 0 Å². The summed E-state index contributed by atoms with van der Waals surface area (Å²) >= 11 is 0. The van der Waals surface area contributed by atoms with Gasteiger partial charge in [0.15, 0.2) is 23.3 Å². The van der Waals surface area contributed by atoms with Crippen molar-refractivity contribution in [2.24, 2.45) is 0 Å². The molecule has 110 valence electrons. The van der Waals surface area contributed by atoms with Gasteiger partial charge in [-0.1, -0.05) is 18.2 Å². The molecule has 3 nitrogen and oxygen atoms in total. The van der Waals surface area contributed by atoms with Crippen molar-refractivity contribution in [1.82, 2.24) is 0 Å². The van der Waals surface area contributed by atoms with Gasteiger partial charge in [0.05, 0.1) is 0 Å². The fourth-order valence-electron chi connectivity index (χ4n) is 1.51. The molecule has 8 heteroatoms. The molecule has 2 N–H and O–H groups in total. The van der Waals surface area contributed by atoms with Gasteiger partial charge >= 0.3 is 6.03 Å². The Labute approximate surface area is 115 Å². The third-order valence-electron chi connectivity index (χ3n) is 2.48. The van der Waals surface area contributed by atoms with Gasteiger partial charge in [-0.05, 0) is 12.1 Å². The molecule has 2 amide bonds. The lowest BCUT2D eigenvalue weighted by Crippen LogP contribution is -2.22. The predicted octanol–water partition coefficient (Wildman–Crippen LogP) is 4.03. The molecule has 0 fully saturated rings. The topological polar surface area (TPSA) is 41.1 Å². The number of urea groups is 1. The summed E-state index contributed by atoms with van der Waals surface area (Å²) in [5.41, 5.74) is -1.14. The molecule has 0 saturated heterocycles. The number of carbonyl (C=O) groups is 1. The molecular formula is C13H7F5N2O.